The molecule has 142 valence electrons. The molecular formula is C21H13BrN4O2S. The lowest BCUT2D eigenvalue weighted by atomic mass is 10.1. The highest BCUT2D eigenvalue weighted by Gasteiger charge is 2.16. The first-order valence-electron chi connectivity index (χ1n) is 8.83. The van der Waals surface area contributed by atoms with E-state index in [0.29, 0.717) is 27.8 Å². The highest BCUT2D eigenvalue weighted by molar-refractivity contribution is 9.10. The molecule has 0 unspecified atom stereocenters. The summed E-state index contributed by atoms with van der Waals surface area (Å²) >= 11 is 4.70. The van der Waals surface area contributed by atoms with Crippen LogP contribution in [0.15, 0.2) is 80.4 Å². The van der Waals surface area contributed by atoms with E-state index in [9.17, 15) is 4.79 Å². The first kappa shape index (κ1) is 18.0. The summed E-state index contributed by atoms with van der Waals surface area (Å²) in [6.45, 7) is 0. The Morgan fingerprint density at radius 3 is 2.48 bits per heavy atom. The minimum atomic E-state index is -0.263. The van der Waals surface area contributed by atoms with Crippen LogP contribution in [-0.2, 0) is 6.42 Å². The van der Waals surface area contributed by atoms with Crippen molar-refractivity contribution in [2.24, 2.45) is 0 Å². The largest absolute Gasteiger partial charge is 0.454 e. The molecule has 0 radical (unpaired) electrons. The Balaban J connectivity index is 1.50. The molecule has 3 heterocycles. The van der Waals surface area contributed by atoms with Gasteiger partial charge in [0.25, 0.3) is 5.56 Å². The number of rotatable bonds is 4. The molecule has 0 atom stereocenters. The van der Waals surface area contributed by atoms with Gasteiger partial charge in [-0.15, -0.1) is 15.3 Å². The number of hydrogen-bond donors (Lipinski definition) is 0. The fourth-order valence-corrected chi connectivity index (χ4v) is 4.03. The van der Waals surface area contributed by atoms with Gasteiger partial charge in [-0.25, -0.2) is 0 Å². The Kier molecular flexibility index (Phi) is 4.57. The van der Waals surface area contributed by atoms with Gasteiger partial charge in [0.2, 0.25) is 4.96 Å². The van der Waals surface area contributed by atoms with Crippen LogP contribution in [0, 0.1) is 0 Å². The van der Waals surface area contributed by atoms with Gasteiger partial charge in [0.1, 0.15) is 11.5 Å². The number of benzene rings is 2. The second-order valence-corrected chi connectivity index (χ2v) is 8.26. The molecule has 8 heteroatoms. The third kappa shape index (κ3) is 3.52. The van der Waals surface area contributed by atoms with Gasteiger partial charge in [0.15, 0.2) is 10.8 Å². The molecule has 0 saturated carbocycles. The average Bonchev–Trinajstić information content (AvgIpc) is 3.39. The van der Waals surface area contributed by atoms with E-state index in [1.54, 1.807) is 0 Å². The van der Waals surface area contributed by atoms with Crippen LogP contribution >= 0.6 is 27.3 Å². The second-order valence-electron chi connectivity index (χ2n) is 6.39. The molecule has 29 heavy (non-hydrogen) atoms. The van der Waals surface area contributed by atoms with Crippen molar-refractivity contribution in [3.63, 3.8) is 0 Å². The summed E-state index contributed by atoms with van der Waals surface area (Å²) in [6.07, 6.45) is 0.414. The van der Waals surface area contributed by atoms with Crippen LogP contribution < -0.4 is 5.56 Å². The summed E-state index contributed by atoms with van der Waals surface area (Å²) in [5.41, 5.74) is 2.06. The molecular weight excluding hydrogens is 452 g/mol. The topological polar surface area (TPSA) is 73.3 Å². The zero-order valence-corrected chi connectivity index (χ0v) is 17.4. The molecule has 0 fully saturated rings. The molecule has 0 spiro atoms. The van der Waals surface area contributed by atoms with Crippen molar-refractivity contribution in [1.29, 1.82) is 0 Å². The molecule has 0 N–H and O–H groups in total. The zero-order valence-electron chi connectivity index (χ0n) is 14.9. The molecule has 6 nitrogen and oxygen atoms in total. The number of fused-ring (bicyclic) bond motifs is 1. The fourth-order valence-electron chi connectivity index (χ4n) is 2.97. The normalized spacial score (nSPS) is 11.2. The summed E-state index contributed by atoms with van der Waals surface area (Å²) in [7, 11) is 0. The van der Waals surface area contributed by atoms with Crippen molar-refractivity contribution in [3.8, 4) is 22.1 Å². The Morgan fingerprint density at radius 1 is 0.931 bits per heavy atom. The number of halogens is 1. The van der Waals surface area contributed by atoms with Crippen LogP contribution in [0.2, 0.25) is 0 Å². The summed E-state index contributed by atoms with van der Waals surface area (Å²) in [6, 6.07) is 21.3. The molecule has 2 aromatic carbocycles. The van der Waals surface area contributed by atoms with E-state index in [-0.39, 0.29) is 5.56 Å². The van der Waals surface area contributed by atoms with Crippen molar-refractivity contribution >= 4 is 32.2 Å². The first-order valence-corrected chi connectivity index (χ1v) is 10.4. The van der Waals surface area contributed by atoms with E-state index < -0.39 is 0 Å². The third-order valence-corrected chi connectivity index (χ3v) is 5.86. The maximum atomic E-state index is 12.8. The molecule has 5 aromatic rings. The Labute approximate surface area is 177 Å². The standard InChI is InChI=1S/C21H13BrN4O2S/c22-15-8-6-14(7-9-15)17-10-11-18(28-17)19-25-26-20(27)16(23-24-21(26)29-19)12-13-4-2-1-3-5-13/h1-11H,12H2. The van der Waals surface area contributed by atoms with Crippen LogP contribution in [0.4, 0.5) is 0 Å². The lowest BCUT2D eigenvalue weighted by molar-refractivity contribution is 0.595. The third-order valence-electron chi connectivity index (χ3n) is 4.42. The number of nitrogens with zero attached hydrogens (tertiary/aromatic N) is 4. The molecule has 0 aliphatic carbocycles. The van der Waals surface area contributed by atoms with Gasteiger partial charge in [-0.1, -0.05) is 69.7 Å². The molecule has 0 aliphatic rings. The van der Waals surface area contributed by atoms with Crippen molar-refractivity contribution in [1.82, 2.24) is 19.8 Å². The van der Waals surface area contributed by atoms with E-state index in [1.165, 1.54) is 15.9 Å². The first-order chi connectivity index (χ1) is 14.2. The van der Waals surface area contributed by atoms with Gasteiger partial charge < -0.3 is 4.42 Å². The Hall–Kier alpha value is -3.10. The van der Waals surface area contributed by atoms with Gasteiger partial charge >= 0.3 is 0 Å². The number of aromatic nitrogens is 4. The van der Waals surface area contributed by atoms with Crippen LogP contribution in [0.1, 0.15) is 11.3 Å². The predicted octanol–water partition coefficient (Wildman–Crippen LogP) is 4.83. The molecule has 3 aromatic heterocycles. The Morgan fingerprint density at radius 2 is 1.69 bits per heavy atom. The quantitative estimate of drug-likeness (QED) is 0.380. The minimum absolute atomic E-state index is 0.263. The van der Waals surface area contributed by atoms with Gasteiger partial charge in [0.05, 0.1) is 0 Å². The lowest BCUT2D eigenvalue weighted by Gasteiger charge is -1.99. The second kappa shape index (κ2) is 7.38. The molecule has 5 rings (SSSR count). The highest BCUT2D eigenvalue weighted by atomic mass is 79.9. The number of furan rings is 1. The van der Waals surface area contributed by atoms with Gasteiger partial charge in [-0.05, 0) is 29.8 Å². The summed E-state index contributed by atoms with van der Waals surface area (Å²) < 4.78 is 8.26. The SMILES string of the molecule is O=c1c(Cc2ccccc2)nnc2sc(-c3ccc(-c4ccc(Br)cc4)o3)nn12. The molecule has 0 saturated heterocycles. The highest BCUT2D eigenvalue weighted by Crippen LogP contribution is 2.31. The Bertz CT molecular complexity index is 1360. The fraction of sp³-hybridized carbons (Fsp3) is 0.0476. The van der Waals surface area contributed by atoms with E-state index in [1.807, 2.05) is 66.7 Å². The monoisotopic (exact) mass is 464 g/mol. The minimum Gasteiger partial charge on any atom is -0.454 e. The van der Waals surface area contributed by atoms with Crippen LogP contribution in [0.5, 0.6) is 0 Å². The predicted molar refractivity (Wildman–Crippen MR) is 115 cm³/mol. The summed E-state index contributed by atoms with van der Waals surface area (Å²) in [5.74, 6) is 1.32. The van der Waals surface area contributed by atoms with E-state index >= 15 is 0 Å². The van der Waals surface area contributed by atoms with Gasteiger partial charge in [-0.2, -0.15) is 4.52 Å². The summed E-state index contributed by atoms with van der Waals surface area (Å²) in [5, 5.41) is 13.3. The zero-order chi connectivity index (χ0) is 19.8. The molecule has 0 bridgehead atoms. The average molecular weight is 465 g/mol. The van der Waals surface area contributed by atoms with Crippen molar-refractivity contribution in [3.05, 3.63) is 92.8 Å². The lowest BCUT2D eigenvalue weighted by Crippen LogP contribution is -2.22. The van der Waals surface area contributed by atoms with Crippen LogP contribution in [-0.4, -0.2) is 19.8 Å². The maximum absolute atomic E-state index is 12.8. The van der Waals surface area contributed by atoms with Crippen molar-refractivity contribution < 1.29 is 4.42 Å². The summed E-state index contributed by atoms with van der Waals surface area (Å²) in [4.78, 5) is 13.2. The van der Waals surface area contributed by atoms with Crippen molar-refractivity contribution in [2.45, 2.75) is 6.42 Å². The number of hydrogen-bond acceptors (Lipinski definition) is 6. The van der Waals surface area contributed by atoms with E-state index in [0.717, 1.165) is 21.4 Å². The molecule has 0 amide bonds. The van der Waals surface area contributed by atoms with Crippen LogP contribution in [0.25, 0.3) is 27.1 Å². The van der Waals surface area contributed by atoms with E-state index in [2.05, 4.69) is 31.2 Å². The molecule has 0 aliphatic heterocycles. The van der Waals surface area contributed by atoms with Crippen LogP contribution in [0.3, 0.4) is 0 Å². The van der Waals surface area contributed by atoms with Gasteiger partial charge in [-0.3, -0.25) is 4.79 Å². The maximum Gasteiger partial charge on any atom is 0.297 e. The smallest absolute Gasteiger partial charge is 0.297 e. The van der Waals surface area contributed by atoms with Crippen molar-refractivity contribution in [2.75, 3.05) is 0 Å². The van der Waals surface area contributed by atoms with Gasteiger partial charge in [0, 0.05) is 16.5 Å². The van der Waals surface area contributed by atoms with E-state index in [4.69, 9.17) is 4.42 Å².